The van der Waals surface area contributed by atoms with E-state index in [1.807, 2.05) is 48.8 Å². The third-order valence-corrected chi connectivity index (χ3v) is 4.79. The number of aromatic nitrogens is 2. The van der Waals surface area contributed by atoms with E-state index in [1.165, 1.54) is 0 Å². The number of hydrogen-bond acceptors (Lipinski definition) is 3. The Morgan fingerprint density at radius 1 is 1.30 bits per heavy atom. The molecule has 0 atom stereocenters. The largest absolute Gasteiger partial charge is 0.350 e. The maximum absolute atomic E-state index is 12.1. The van der Waals surface area contributed by atoms with Crippen LogP contribution in [0, 0.1) is 0 Å². The molecule has 4 nitrogen and oxygen atoms in total. The first kappa shape index (κ1) is 15.8. The van der Waals surface area contributed by atoms with E-state index < -0.39 is 0 Å². The van der Waals surface area contributed by atoms with Gasteiger partial charge in [0.25, 0.3) is 0 Å². The molecule has 0 radical (unpaired) electrons. The second kappa shape index (κ2) is 6.98. The summed E-state index contributed by atoms with van der Waals surface area (Å²) in [6.45, 7) is 0.443. The fourth-order valence-corrected chi connectivity index (χ4v) is 3.17. The van der Waals surface area contributed by atoms with Gasteiger partial charge in [-0.2, -0.15) is 5.10 Å². The van der Waals surface area contributed by atoms with Crippen LogP contribution < -0.4 is 5.32 Å². The van der Waals surface area contributed by atoms with Gasteiger partial charge in [0.15, 0.2) is 0 Å². The van der Waals surface area contributed by atoms with Crippen molar-refractivity contribution in [1.82, 2.24) is 15.1 Å². The quantitative estimate of drug-likeness (QED) is 0.767. The van der Waals surface area contributed by atoms with Gasteiger partial charge in [0.2, 0.25) is 5.91 Å². The molecule has 0 bridgehead atoms. The Balaban J connectivity index is 1.62. The van der Waals surface area contributed by atoms with Crippen LogP contribution in [0.25, 0.3) is 10.6 Å². The van der Waals surface area contributed by atoms with E-state index >= 15 is 0 Å². The molecule has 0 spiro atoms. The predicted molar refractivity (Wildman–Crippen MR) is 93.5 cm³/mol. The fourth-order valence-electron chi connectivity index (χ4n) is 2.28. The summed E-state index contributed by atoms with van der Waals surface area (Å²) >= 11 is 7.73. The lowest BCUT2D eigenvalue weighted by atomic mass is 10.1. The number of carbonyl (C=O) groups is 1. The average Bonchev–Trinajstić information content (AvgIpc) is 3.17. The summed E-state index contributed by atoms with van der Waals surface area (Å²) in [6, 6.07) is 13.4. The minimum Gasteiger partial charge on any atom is -0.350 e. The van der Waals surface area contributed by atoms with E-state index in [9.17, 15) is 4.79 Å². The third kappa shape index (κ3) is 3.81. The molecule has 0 saturated carbocycles. The van der Waals surface area contributed by atoms with Crippen LogP contribution in [0.1, 0.15) is 11.3 Å². The minimum atomic E-state index is -0.0584. The highest BCUT2D eigenvalue weighted by Crippen LogP contribution is 2.23. The topological polar surface area (TPSA) is 46.9 Å². The van der Waals surface area contributed by atoms with Crippen LogP contribution in [0.2, 0.25) is 5.02 Å². The summed E-state index contributed by atoms with van der Waals surface area (Å²) < 4.78 is 1.80. The summed E-state index contributed by atoms with van der Waals surface area (Å²) in [5.74, 6) is -0.0584. The molecule has 118 valence electrons. The van der Waals surface area contributed by atoms with E-state index in [0.29, 0.717) is 11.6 Å². The number of rotatable bonds is 5. The van der Waals surface area contributed by atoms with Crippen molar-refractivity contribution in [1.29, 1.82) is 0 Å². The van der Waals surface area contributed by atoms with Crippen LogP contribution >= 0.6 is 22.9 Å². The number of nitrogens with zero attached hydrogens (tertiary/aromatic N) is 2. The zero-order valence-electron chi connectivity index (χ0n) is 12.6. The fraction of sp³-hybridized carbons (Fsp3) is 0.176. The van der Waals surface area contributed by atoms with Gasteiger partial charge >= 0.3 is 0 Å². The van der Waals surface area contributed by atoms with Crippen molar-refractivity contribution < 1.29 is 4.79 Å². The molecule has 1 N–H and O–H groups in total. The molecule has 0 unspecified atom stereocenters. The SMILES string of the molecule is Cn1nc(-c2cccs2)cc1CNC(=O)Cc1ccccc1Cl. The minimum absolute atomic E-state index is 0.0584. The van der Waals surface area contributed by atoms with E-state index in [-0.39, 0.29) is 12.3 Å². The zero-order chi connectivity index (χ0) is 16.2. The number of thiophene rings is 1. The number of nitrogens with one attached hydrogen (secondary N) is 1. The number of aryl methyl sites for hydroxylation is 1. The number of hydrogen-bond donors (Lipinski definition) is 1. The maximum Gasteiger partial charge on any atom is 0.224 e. The van der Waals surface area contributed by atoms with Crippen LogP contribution in [0.5, 0.6) is 0 Å². The normalized spacial score (nSPS) is 10.7. The first-order chi connectivity index (χ1) is 11.1. The van der Waals surface area contributed by atoms with E-state index in [4.69, 9.17) is 11.6 Å². The highest BCUT2D eigenvalue weighted by Gasteiger charge is 2.10. The highest BCUT2D eigenvalue weighted by atomic mass is 35.5. The number of carbonyl (C=O) groups excluding carboxylic acids is 1. The lowest BCUT2D eigenvalue weighted by Gasteiger charge is -2.06. The molecule has 0 aliphatic rings. The molecule has 0 saturated heterocycles. The van der Waals surface area contributed by atoms with Crippen LogP contribution in [0.4, 0.5) is 0 Å². The lowest BCUT2D eigenvalue weighted by Crippen LogP contribution is -2.25. The molecular weight excluding hydrogens is 330 g/mol. The van der Waals surface area contributed by atoms with Gasteiger partial charge in [0.1, 0.15) is 5.69 Å². The van der Waals surface area contributed by atoms with Crippen LogP contribution in [0.15, 0.2) is 47.8 Å². The zero-order valence-corrected chi connectivity index (χ0v) is 14.2. The van der Waals surface area contributed by atoms with Gasteiger partial charge in [-0.3, -0.25) is 9.48 Å². The van der Waals surface area contributed by atoms with Gasteiger partial charge in [-0.1, -0.05) is 35.9 Å². The van der Waals surface area contributed by atoms with Crippen molar-refractivity contribution in [3.63, 3.8) is 0 Å². The van der Waals surface area contributed by atoms with Crippen LogP contribution in [0.3, 0.4) is 0 Å². The van der Waals surface area contributed by atoms with E-state index in [1.54, 1.807) is 22.1 Å². The van der Waals surface area contributed by atoms with Gasteiger partial charge in [0.05, 0.1) is 23.5 Å². The first-order valence-electron chi connectivity index (χ1n) is 7.20. The van der Waals surface area contributed by atoms with Gasteiger partial charge in [-0.15, -0.1) is 11.3 Å². The smallest absolute Gasteiger partial charge is 0.224 e. The van der Waals surface area contributed by atoms with Gasteiger partial charge in [0, 0.05) is 12.1 Å². The Labute approximate surface area is 143 Å². The Morgan fingerprint density at radius 3 is 2.87 bits per heavy atom. The van der Waals surface area contributed by atoms with Gasteiger partial charge in [-0.25, -0.2) is 0 Å². The molecular formula is C17H16ClN3OS. The summed E-state index contributed by atoms with van der Waals surface area (Å²) in [5, 5.41) is 10.0. The molecule has 23 heavy (non-hydrogen) atoms. The molecule has 1 amide bonds. The van der Waals surface area contributed by atoms with Crippen molar-refractivity contribution in [2.45, 2.75) is 13.0 Å². The van der Waals surface area contributed by atoms with Crippen LogP contribution in [-0.2, 0) is 24.8 Å². The molecule has 2 heterocycles. The molecule has 0 aliphatic heterocycles. The molecule has 2 aromatic heterocycles. The van der Waals surface area contributed by atoms with Crippen molar-refractivity contribution >= 4 is 28.8 Å². The third-order valence-electron chi connectivity index (χ3n) is 3.53. The Morgan fingerprint density at radius 2 is 2.13 bits per heavy atom. The number of halogens is 1. The maximum atomic E-state index is 12.1. The molecule has 0 aliphatic carbocycles. The average molecular weight is 346 g/mol. The second-order valence-electron chi connectivity index (χ2n) is 5.17. The summed E-state index contributed by atoms with van der Waals surface area (Å²) in [6.07, 6.45) is 0.273. The Kier molecular flexibility index (Phi) is 4.79. The van der Waals surface area contributed by atoms with Crippen molar-refractivity contribution in [3.8, 4) is 10.6 Å². The molecule has 6 heteroatoms. The molecule has 0 fully saturated rings. The Bertz CT molecular complexity index is 811. The van der Waals surface area contributed by atoms with E-state index in [0.717, 1.165) is 21.8 Å². The lowest BCUT2D eigenvalue weighted by molar-refractivity contribution is -0.120. The summed E-state index contributed by atoms with van der Waals surface area (Å²) in [7, 11) is 1.88. The van der Waals surface area contributed by atoms with Crippen molar-refractivity contribution in [2.24, 2.45) is 7.05 Å². The monoisotopic (exact) mass is 345 g/mol. The number of benzene rings is 1. The number of amides is 1. The molecule has 3 rings (SSSR count). The van der Waals surface area contributed by atoms with Crippen molar-refractivity contribution in [2.75, 3.05) is 0 Å². The Hall–Kier alpha value is -2.11. The summed E-state index contributed by atoms with van der Waals surface area (Å²) in [5.41, 5.74) is 2.72. The molecule has 1 aromatic carbocycles. The van der Waals surface area contributed by atoms with Crippen LogP contribution in [-0.4, -0.2) is 15.7 Å². The highest BCUT2D eigenvalue weighted by molar-refractivity contribution is 7.13. The predicted octanol–water partition coefficient (Wildman–Crippen LogP) is 3.66. The standard InChI is InChI=1S/C17H16ClN3OS/c1-21-13(10-15(20-21)16-7-4-8-23-16)11-19-17(22)9-12-5-2-3-6-14(12)18/h2-8,10H,9,11H2,1H3,(H,19,22). The van der Waals surface area contributed by atoms with Crippen molar-refractivity contribution in [3.05, 3.63) is 64.1 Å². The van der Waals surface area contributed by atoms with Gasteiger partial charge in [-0.05, 0) is 29.1 Å². The summed E-state index contributed by atoms with van der Waals surface area (Å²) in [4.78, 5) is 13.2. The van der Waals surface area contributed by atoms with E-state index in [2.05, 4.69) is 10.4 Å². The second-order valence-corrected chi connectivity index (χ2v) is 6.52. The van der Waals surface area contributed by atoms with Gasteiger partial charge < -0.3 is 5.32 Å². The molecule has 3 aromatic rings. The first-order valence-corrected chi connectivity index (χ1v) is 8.46.